The first-order chi connectivity index (χ1) is 11.4. The quantitative estimate of drug-likeness (QED) is 0.617. The van der Waals surface area contributed by atoms with E-state index in [9.17, 15) is 13.2 Å². The van der Waals surface area contributed by atoms with Gasteiger partial charge in [0.1, 0.15) is 0 Å². The second-order valence-corrected chi connectivity index (χ2v) is 7.53. The van der Waals surface area contributed by atoms with Crippen LogP contribution in [0.4, 0.5) is 5.69 Å². The lowest BCUT2D eigenvalue weighted by atomic mass is 9.78. The van der Waals surface area contributed by atoms with Crippen LogP contribution in [0.5, 0.6) is 0 Å². The standard InChI is InChI=1S/C18H19NO4S/c1-13(23-24(2,21)22)16-17(14-9-5-3-6-10-14)19(18(16)20)15-11-7-4-8-12-15/h3-13,16-17H,1-2H3/t13-,16+,17+/m1/s1. The van der Waals surface area contributed by atoms with Gasteiger partial charge in [-0.25, -0.2) is 0 Å². The summed E-state index contributed by atoms with van der Waals surface area (Å²) in [5, 5.41) is 0. The molecule has 2 aromatic carbocycles. The maximum absolute atomic E-state index is 12.7. The van der Waals surface area contributed by atoms with Crippen molar-refractivity contribution in [2.45, 2.75) is 19.1 Å². The number of benzene rings is 2. The lowest BCUT2D eigenvalue weighted by Crippen LogP contribution is -2.59. The molecule has 0 saturated carbocycles. The zero-order valence-corrected chi connectivity index (χ0v) is 14.3. The van der Waals surface area contributed by atoms with Crippen LogP contribution in [0.2, 0.25) is 0 Å². The van der Waals surface area contributed by atoms with Crippen molar-refractivity contribution in [3.05, 3.63) is 66.2 Å². The Kier molecular flexibility index (Phi) is 4.43. The fourth-order valence-corrected chi connectivity index (χ4v) is 3.86. The molecule has 0 spiro atoms. The van der Waals surface area contributed by atoms with Gasteiger partial charge in [0.2, 0.25) is 5.91 Å². The summed E-state index contributed by atoms with van der Waals surface area (Å²) >= 11 is 0. The van der Waals surface area contributed by atoms with Gasteiger partial charge in [-0.2, -0.15) is 8.42 Å². The Morgan fingerprint density at radius 2 is 1.54 bits per heavy atom. The molecule has 1 fully saturated rings. The molecule has 1 amide bonds. The number of nitrogens with zero attached hydrogens (tertiary/aromatic N) is 1. The molecule has 1 saturated heterocycles. The summed E-state index contributed by atoms with van der Waals surface area (Å²) in [5.74, 6) is -0.673. The Morgan fingerprint density at radius 3 is 2.08 bits per heavy atom. The van der Waals surface area contributed by atoms with Gasteiger partial charge < -0.3 is 4.90 Å². The van der Waals surface area contributed by atoms with E-state index in [1.165, 1.54) is 0 Å². The molecule has 5 nitrogen and oxygen atoms in total. The molecule has 126 valence electrons. The van der Waals surface area contributed by atoms with Crippen LogP contribution >= 0.6 is 0 Å². The number of rotatable bonds is 5. The Bertz CT molecular complexity index is 821. The van der Waals surface area contributed by atoms with Crippen LogP contribution in [0.3, 0.4) is 0 Å². The van der Waals surface area contributed by atoms with Crippen molar-refractivity contribution in [2.75, 3.05) is 11.2 Å². The highest BCUT2D eigenvalue weighted by molar-refractivity contribution is 7.86. The smallest absolute Gasteiger partial charge is 0.264 e. The van der Waals surface area contributed by atoms with Gasteiger partial charge in [-0.15, -0.1) is 0 Å². The van der Waals surface area contributed by atoms with Gasteiger partial charge in [0.05, 0.1) is 24.3 Å². The Balaban J connectivity index is 1.96. The molecule has 0 radical (unpaired) electrons. The summed E-state index contributed by atoms with van der Waals surface area (Å²) < 4.78 is 28.0. The molecule has 1 aliphatic heterocycles. The number of hydrogen-bond acceptors (Lipinski definition) is 4. The molecule has 0 N–H and O–H groups in total. The molecule has 0 aromatic heterocycles. The van der Waals surface area contributed by atoms with E-state index in [-0.39, 0.29) is 11.9 Å². The summed E-state index contributed by atoms with van der Waals surface area (Å²) in [4.78, 5) is 14.4. The Morgan fingerprint density at radius 1 is 1.00 bits per heavy atom. The minimum atomic E-state index is -3.63. The minimum Gasteiger partial charge on any atom is -0.304 e. The van der Waals surface area contributed by atoms with E-state index in [1.807, 2.05) is 60.7 Å². The molecular formula is C18H19NO4S. The van der Waals surface area contributed by atoms with Crippen molar-refractivity contribution >= 4 is 21.7 Å². The average molecular weight is 345 g/mol. The fraction of sp³-hybridized carbons (Fsp3) is 0.278. The van der Waals surface area contributed by atoms with E-state index in [4.69, 9.17) is 4.18 Å². The van der Waals surface area contributed by atoms with Gasteiger partial charge in [0.15, 0.2) is 0 Å². The predicted octanol–water partition coefficient (Wildman–Crippen LogP) is 2.76. The summed E-state index contributed by atoms with van der Waals surface area (Å²) in [6, 6.07) is 18.7. The summed E-state index contributed by atoms with van der Waals surface area (Å²) in [5.41, 5.74) is 1.74. The molecule has 2 aromatic rings. The van der Waals surface area contributed by atoms with Gasteiger partial charge >= 0.3 is 0 Å². The van der Waals surface area contributed by atoms with Gasteiger partial charge in [0, 0.05) is 5.69 Å². The first kappa shape index (κ1) is 16.7. The number of para-hydroxylation sites is 1. The lowest BCUT2D eigenvalue weighted by Gasteiger charge is -2.49. The number of β-lactam (4-membered cyclic amide) rings is 1. The molecule has 1 heterocycles. The largest absolute Gasteiger partial charge is 0.304 e. The average Bonchev–Trinajstić information content (AvgIpc) is 2.52. The van der Waals surface area contributed by atoms with Crippen molar-refractivity contribution in [1.82, 2.24) is 0 Å². The summed E-state index contributed by atoms with van der Waals surface area (Å²) in [6.07, 6.45) is 0.275. The molecule has 0 aliphatic carbocycles. The Hall–Kier alpha value is -2.18. The predicted molar refractivity (Wildman–Crippen MR) is 92.0 cm³/mol. The van der Waals surface area contributed by atoms with E-state index >= 15 is 0 Å². The molecule has 6 heteroatoms. The zero-order valence-electron chi connectivity index (χ0n) is 13.5. The molecular weight excluding hydrogens is 326 g/mol. The molecule has 3 atom stereocenters. The highest BCUT2D eigenvalue weighted by Gasteiger charge is 2.52. The van der Waals surface area contributed by atoms with Crippen molar-refractivity contribution in [3.8, 4) is 0 Å². The van der Waals surface area contributed by atoms with Crippen LogP contribution in [0.1, 0.15) is 18.5 Å². The maximum Gasteiger partial charge on any atom is 0.264 e. The highest BCUT2D eigenvalue weighted by atomic mass is 32.2. The number of hydrogen-bond donors (Lipinski definition) is 0. The van der Waals surface area contributed by atoms with Crippen LogP contribution in [-0.2, 0) is 19.1 Å². The minimum absolute atomic E-state index is 0.133. The maximum atomic E-state index is 12.7. The highest BCUT2D eigenvalue weighted by Crippen LogP contribution is 2.45. The van der Waals surface area contributed by atoms with E-state index in [0.717, 1.165) is 17.5 Å². The van der Waals surface area contributed by atoms with E-state index < -0.39 is 22.1 Å². The first-order valence-electron chi connectivity index (χ1n) is 7.70. The molecule has 24 heavy (non-hydrogen) atoms. The molecule has 0 bridgehead atoms. The Labute approximate surface area is 142 Å². The summed E-state index contributed by atoms with van der Waals surface area (Å²) in [6.45, 7) is 1.63. The first-order valence-corrected chi connectivity index (χ1v) is 9.51. The number of anilines is 1. The topological polar surface area (TPSA) is 63.7 Å². The third-order valence-electron chi connectivity index (χ3n) is 4.15. The van der Waals surface area contributed by atoms with Crippen molar-refractivity contribution < 1.29 is 17.4 Å². The van der Waals surface area contributed by atoms with Crippen molar-refractivity contribution in [2.24, 2.45) is 5.92 Å². The number of amides is 1. The van der Waals surface area contributed by atoms with Crippen LogP contribution < -0.4 is 4.90 Å². The fourth-order valence-electron chi connectivity index (χ4n) is 3.19. The van der Waals surface area contributed by atoms with Crippen LogP contribution in [0.15, 0.2) is 60.7 Å². The summed E-state index contributed by atoms with van der Waals surface area (Å²) in [7, 11) is -3.63. The van der Waals surface area contributed by atoms with Crippen molar-refractivity contribution in [1.29, 1.82) is 0 Å². The third-order valence-corrected chi connectivity index (χ3v) is 4.80. The molecule has 0 unspecified atom stereocenters. The molecule has 1 aliphatic rings. The van der Waals surface area contributed by atoms with Crippen LogP contribution in [-0.4, -0.2) is 26.7 Å². The van der Waals surface area contributed by atoms with Crippen LogP contribution in [0.25, 0.3) is 0 Å². The normalized spacial score (nSPS) is 22.1. The van der Waals surface area contributed by atoms with E-state index in [2.05, 4.69) is 0 Å². The second-order valence-electron chi connectivity index (χ2n) is 5.93. The van der Waals surface area contributed by atoms with Crippen molar-refractivity contribution in [3.63, 3.8) is 0 Å². The van der Waals surface area contributed by atoms with Gasteiger partial charge in [0.25, 0.3) is 10.1 Å². The van der Waals surface area contributed by atoms with Gasteiger partial charge in [-0.1, -0.05) is 48.5 Å². The van der Waals surface area contributed by atoms with Crippen LogP contribution in [0, 0.1) is 5.92 Å². The van der Waals surface area contributed by atoms with E-state index in [1.54, 1.807) is 11.8 Å². The monoisotopic (exact) mass is 345 g/mol. The third kappa shape index (κ3) is 3.20. The number of carbonyl (C=O) groups is 1. The second kappa shape index (κ2) is 6.37. The zero-order chi connectivity index (χ0) is 17.3. The van der Waals surface area contributed by atoms with Gasteiger partial charge in [-0.3, -0.25) is 8.98 Å². The van der Waals surface area contributed by atoms with Gasteiger partial charge in [-0.05, 0) is 24.6 Å². The number of carbonyl (C=O) groups excluding carboxylic acids is 1. The SMILES string of the molecule is C[C@@H](OS(C)(=O)=O)[C@@H]1C(=O)N(c2ccccc2)[C@H]1c1ccccc1. The molecule has 3 rings (SSSR count). The lowest BCUT2D eigenvalue weighted by molar-refractivity contribution is -0.134. The van der Waals surface area contributed by atoms with E-state index in [0.29, 0.717) is 0 Å².